The van der Waals surface area contributed by atoms with Crippen molar-refractivity contribution < 1.29 is 80.4 Å². The normalized spacial score (nSPS) is 10.3. The molecule has 30 heteroatoms. The summed E-state index contributed by atoms with van der Waals surface area (Å²) >= 11 is 11.2. The quantitative estimate of drug-likeness (QED) is 0.0332. The standard InChI is InChI=1S/C20H20N2O4S.C19H17ClN2O4S.C19H17FN2O4S.C19H18N2O4S/c1-12-5-7-14(8-6-12)21-20-22-15(11-27-20)18(23)13-9-16(24-2)19(26-4)17(10-13)25-3;2*1-24-15-8-11(9-16(25-2)18(15)26-3)17(23)14-10-27-19(22-14)21-13-6-4-12(20)5-7-13;1-23-15-9-12(10-16(24-2)18(15)25-3)17(22)14-11-26-19(21-14)20-13-7-5-4-6-8-13/h5-11H,1-4H3,(H,21,22);2*4-10H,1-3H3,(H,21,22);4-11H,1-3H3,(H,20,21). The Labute approximate surface area is 636 Å². The molecule has 0 aliphatic carbocycles. The molecule has 12 aromatic rings. The number of nitrogens with one attached hydrogen (secondary N) is 4. The lowest BCUT2D eigenvalue weighted by Crippen LogP contribution is -2.05. The molecule has 0 saturated heterocycles. The molecule has 0 amide bonds. The Morgan fingerprint density at radius 2 is 0.542 bits per heavy atom. The van der Waals surface area contributed by atoms with Gasteiger partial charge in [-0.1, -0.05) is 47.5 Å². The molecule has 0 atom stereocenters. The highest BCUT2D eigenvalue weighted by Gasteiger charge is 2.25. The Bertz CT molecular complexity index is 4550. The van der Waals surface area contributed by atoms with E-state index in [1.807, 2.05) is 73.7 Å². The van der Waals surface area contributed by atoms with Gasteiger partial charge in [-0.25, -0.2) is 24.3 Å². The van der Waals surface area contributed by atoms with E-state index in [0.717, 1.165) is 17.1 Å². The number of halogens is 2. The molecule has 24 nitrogen and oxygen atoms in total. The molecule has 4 aromatic heterocycles. The molecule has 0 bridgehead atoms. The van der Waals surface area contributed by atoms with Crippen molar-refractivity contribution in [1.82, 2.24) is 19.9 Å². The van der Waals surface area contributed by atoms with E-state index in [-0.39, 0.29) is 34.6 Å². The van der Waals surface area contributed by atoms with Gasteiger partial charge >= 0.3 is 0 Å². The van der Waals surface area contributed by atoms with Crippen molar-refractivity contribution in [2.24, 2.45) is 0 Å². The maximum Gasteiger partial charge on any atom is 0.212 e. The molecule has 4 heterocycles. The lowest BCUT2D eigenvalue weighted by atomic mass is 10.1. The third-order valence-corrected chi connectivity index (χ3v) is 18.5. The lowest BCUT2D eigenvalue weighted by molar-refractivity contribution is 0.102. The van der Waals surface area contributed by atoms with E-state index in [0.29, 0.717) is 140 Å². The number of benzene rings is 8. The zero-order valence-corrected chi connectivity index (χ0v) is 64.0. The average Bonchev–Trinajstić information content (AvgIpc) is 1.80. The summed E-state index contributed by atoms with van der Waals surface area (Å²) in [5.74, 6) is 3.74. The number of hydrogen-bond donors (Lipinski definition) is 4. The van der Waals surface area contributed by atoms with Crippen LogP contribution in [-0.2, 0) is 0 Å². The number of methoxy groups -OCH3 is 12. The van der Waals surface area contributed by atoms with Crippen molar-refractivity contribution in [3.8, 4) is 69.0 Å². The van der Waals surface area contributed by atoms with Crippen molar-refractivity contribution in [2.75, 3.05) is 107 Å². The third-order valence-electron chi connectivity index (χ3n) is 15.2. The van der Waals surface area contributed by atoms with Crippen LogP contribution in [0, 0.1) is 12.7 Å². The van der Waals surface area contributed by atoms with Gasteiger partial charge in [0, 0.05) is 71.5 Å². The van der Waals surface area contributed by atoms with Crippen LogP contribution in [0.5, 0.6) is 69.0 Å². The van der Waals surface area contributed by atoms with Crippen LogP contribution in [0.1, 0.15) is 69.8 Å². The Morgan fingerprint density at radius 1 is 0.318 bits per heavy atom. The second kappa shape index (κ2) is 38.1. The zero-order chi connectivity index (χ0) is 76.7. The first kappa shape index (κ1) is 79.1. The number of rotatable bonds is 28. The number of aromatic nitrogens is 4. The van der Waals surface area contributed by atoms with E-state index in [2.05, 4.69) is 41.2 Å². The second-order valence-corrected chi connectivity index (χ2v) is 25.7. The van der Waals surface area contributed by atoms with Crippen molar-refractivity contribution in [3.63, 3.8) is 0 Å². The number of nitrogens with zero attached hydrogens (tertiary/aromatic N) is 4. The second-order valence-electron chi connectivity index (χ2n) is 21.9. The van der Waals surface area contributed by atoms with Crippen LogP contribution in [0.3, 0.4) is 0 Å². The number of hydrogen-bond acceptors (Lipinski definition) is 28. The first-order chi connectivity index (χ1) is 51.8. The summed E-state index contributed by atoms with van der Waals surface area (Å²) < 4.78 is 76.5. The number of para-hydroxylation sites is 1. The molecule has 0 radical (unpaired) electrons. The number of ether oxygens (including phenoxy) is 12. The van der Waals surface area contributed by atoms with Gasteiger partial charge in [0.2, 0.25) is 46.1 Å². The maximum absolute atomic E-state index is 13.0. The van der Waals surface area contributed by atoms with E-state index in [1.54, 1.807) is 94.3 Å². The van der Waals surface area contributed by atoms with Crippen LogP contribution >= 0.6 is 56.9 Å². The lowest BCUT2D eigenvalue weighted by Gasteiger charge is -2.13. The predicted molar refractivity (Wildman–Crippen MR) is 415 cm³/mol. The topological polar surface area (TPSA) is 279 Å². The number of aryl methyl sites for hydroxylation is 1. The summed E-state index contributed by atoms with van der Waals surface area (Å²) in [6.45, 7) is 2.03. The fraction of sp³-hybridized carbons (Fsp3) is 0.169. The molecule has 0 aliphatic heterocycles. The summed E-state index contributed by atoms with van der Waals surface area (Å²) in [4.78, 5) is 68.8. The first-order valence-electron chi connectivity index (χ1n) is 31.7. The van der Waals surface area contributed by atoms with Crippen molar-refractivity contribution in [3.05, 3.63) is 235 Å². The smallest absolute Gasteiger partial charge is 0.212 e. The molecule has 554 valence electrons. The molecule has 0 unspecified atom stereocenters. The minimum absolute atomic E-state index is 0.220. The van der Waals surface area contributed by atoms with Crippen LogP contribution < -0.4 is 78.1 Å². The van der Waals surface area contributed by atoms with Crippen LogP contribution in [0.4, 0.5) is 47.7 Å². The summed E-state index contributed by atoms with van der Waals surface area (Å²) in [6.07, 6.45) is 0. The number of carbonyl (C=O) groups excluding carboxylic acids is 4. The Balaban J connectivity index is 0.000000165. The molecule has 107 heavy (non-hydrogen) atoms. The van der Waals surface area contributed by atoms with Gasteiger partial charge < -0.3 is 78.1 Å². The highest BCUT2D eigenvalue weighted by atomic mass is 35.5. The molecule has 0 aliphatic rings. The van der Waals surface area contributed by atoms with Crippen LogP contribution in [-0.4, -0.2) is 128 Å². The van der Waals surface area contributed by atoms with E-state index in [9.17, 15) is 23.6 Å². The van der Waals surface area contributed by atoms with Gasteiger partial charge in [-0.15, -0.1) is 45.3 Å². The van der Waals surface area contributed by atoms with Gasteiger partial charge in [0.25, 0.3) is 0 Å². The minimum Gasteiger partial charge on any atom is -0.493 e. The Kier molecular flexibility index (Phi) is 28.2. The molecular formula is C77H72ClFN8O16S4. The SMILES string of the molecule is COc1cc(C(=O)c2csc(Nc3ccc(C)cc3)n2)cc(OC)c1OC.COc1cc(C(=O)c2csc(Nc3ccc(Cl)cc3)n2)cc(OC)c1OC.COc1cc(C(=O)c2csc(Nc3ccc(F)cc3)n2)cc(OC)c1OC.COc1cc(C(=O)c2csc(Nc3ccccc3)n2)cc(OC)c1OC. The summed E-state index contributed by atoms with van der Waals surface area (Å²) in [5.41, 5.74) is 7.41. The Hall–Kier alpha value is -12.0. The van der Waals surface area contributed by atoms with Gasteiger partial charge in [-0.3, -0.25) is 19.2 Å². The summed E-state index contributed by atoms with van der Waals surface area (Å²) in [6, 6.07) is 43.6. The molecule has 12 rings (SSSR count). The van der Waals surface area contributed by atoms with Gasteiger partial charge in [-0.2, -0.15) is 0 Å². The number of thiazole rings is 4. The van der Waals surface area contributed by atoms with Crippen molar-refractivity contribution in [2.45, 2.75) is 6.92 Å². The highest BCUT2D eigenvalue weighted by Crippen LogP contribution is 2.43. The van der Waals surface area contributed by atoms with Gasteiger partial charge in [0.1, 0.15) is 28.6 Å². The monoisotopic (exact) mass is 1550 g/mol. The molecule has 0 spiro atoms. The van der Waals surface area contributed by atoms with Crippen LogP contribution in [0.15, 0.2) is 173 Å². The maximum atomic E-state index is 13.0. The minimum atomic E-state index is -0.321. The van der Waals surface area contributed by atoms with Gasteiger partial charge in [0.05, 0.1) is 85.3 Å². The zero-order valence-electron chi connectivity index (χ0n) is 60.0. The highest BCUT2D eigenvalue weighted by molar-refractivity contribution is 7.15. The first-order valence-corrected chi connectivity index (χ1v) is 35.6. The van der Waals surface area contributed by atoms with Crippen molar-refractivity contribution >= 4 is 123 Å². The third kappa shape index (κ3) is 20.3. The molecular weight excluding hydrogens is 1480 g/mol. The van der Waals surface area contributed by atoms with Crippen molar-refractivity contribution in [1.29, 1.82) is 0 Å². The summed E-state index contributed by atoms with van der Waals surface area (Å²) in [5, 5.41) is 22.4. The predicted octanol–water partition coefficient (Wildman–Crippen LogP) is 17.7. The number of carbonyl (C=O) groups is 4. The Morgan fingerprint density at radius 3 is 0.776 bits per heavy atom. The van der Waals surface area contributed by atoms with Gasteiger partial charge in [-0.05, 0) is 128 Å². The van der Waals surface area contributed by atoms with E-state index in [1.165, 1.54) is 148 Å². The largest absolute Gasteiger partial charge is 0.493 e. The van der Waals surface area contributed by atoms with E-state index >= 15 is 0 Å². The fourth-order valence-corrected chi connectivity index (χ4v) is 12.9. The molecule has 0 saturated carbocycles. The summed E-state index contributed by atoms with van der Waals surface area (Å²) in [7, 11) is 18.1. The number of anilines is 8. The molecule has 4 N–H and O–H groups in total. The molecule has 0 fully saturated rings. The van der Waals surface area contributed by atoms with E-state index in [4.69, 9.17) is 68.4 Å². The van der Waals surface area contributed by atoms with E-state index < -0.39 is 0 Å². The number of ketones is 4. The fourth-order valence-electron chi connectivity index (χ4n) is 9.90. The van der Waals surface area contributed by atoms with Crippen LogP contribution in [0.25, 0.3) is 0 Å². The van der Waals surface area contributed by atoms with Crippen LogP contribution in [0.2, 0.25) is 5.02 Å². The molecule has 8 aromatic carbocycles. The average molecular weight is 1550 g/mol. The van der Waals surface area contributed by atoms with Gasteiger partial charge in [0.15, 0.2) is 66.5 Å².